The van der Waals surface area contributed by atoms with Gasteiger partial charge in [0.1, 0.15) is 23.9 Å². The highest BCUT2D eigenvalue weighted by Crippen LogP contribution is 2.40. The van der Waals surface area contributed by atoms with Crippen LogP contribution in [0.2, 0.25) is 0 Å². The highest BCUT2D eigenvalue weighted by molar-refractivity contribution is 7.10. The van der Waals surface area contributed by atoms with Crippen molar-refractivity contribution in [2.24, 2.45) is 16.3 Å². The monoisotopic (exact) mass is 968 g/mol. The number of fused-ring (bicyclic) bond motifs is 6. The predicted octanol–water partition coefficient (Wildman–Crippen LogP) is 6.68. The number of amides is 5. The van der Waals surface area contributed by atoms with Crippen LogP contribution in [-0.4, -0.2) is 148 Å². The fourth-order valence-electron chi connectivity index (χ4n) is 10.3. The smallest absolute Gasteiger partial charge is 0.321 e. The summed E-state index contributed by atoms with van der Waals surface area (Å²) in [5.74, 6) is -1.49. The maximum Gasteiger partial charge on any atom is 0.321 e. The zero-order valence-corrected chi connectivity index (χ0v) is 43.3. The third kappa shape index (κ3) is 11.1. The molecule has 2 saturated heterocycles. The van der Waals surface area contributed by atoms with Crippen LogP contribution in [0.15, 0.2) is 59.6 Å². The number of rotatable bonds is 12. The van der Waals surface area contributed by atoms with Gasteiger partial charge in [0.25, 0.3) is 5.91 Å². The molecule has 2 N–H and O–H groups in total. The summed E-state index contributed by atoms with van der Waals surface area (Å²) in [7, 11) is 3.27. The van der Waals surface area contributed by atoms with E-state index in [1.807, 2.05) is 53.0 Å². The van der Waals surface area contributed by atoms with Gasteiger partial charge in [-0.25, -0.2) is 15.2 Å². The van der Waals surface area contributed by atoms with Crippen LogP contribution in [-0.2, 0) is 48.0 Å². The first-order chi connectivity index (χ1) is 32.8. The fourth-order valence-corrected chi connectivity index (χ4v) is 11.2. The minimum atomic E-state index is -1.21. The minimum Gasteiger partial charge on any atom is -0.378 e. The SMILES string of the molecule is C=CC(=O)N1C[C@@H](C)N(C(=O)N(C)[C@H](C(=O)N[C@H]2Cc3nc(cs3)-c3ccc4c(c3)c(c(/C(C=C)=C(/N=C\C)[C@H](C)OC)n4CC)CC(C)(C)COC[C@@]3(C=O)CCCN(N3)C2=O)C(C)C)[C@@H](C)C1. The highest BCUT2D eigenvalue weighted by Gasteiger charge is 2.43. The van der Waals surface area contributed by atoms with Crippen LogP contribution in [0.3, 0.4) is 0 Å². The van der Waals surface area contributed by atoms with Gasteiger partial charge in [-0.3, -0.25) is 24.4 Å². The summed E-state index contributed by atoms with van der Waals surface area (Å²) in [6.45, 7) is 27.6. The van der Waals surface area contributed by atoms with Gasteiger partial charge in [-0.05, 0) is 89.0 Å². The van der Waals surface area contributed by atoms with E-state index in [0.29, 0.717) is 57.1 Å². The van der Waals surface area contributed by atoms with Gasteiger partial charge in [-0.15, -0.1) is 11.3 Å². The molecule has 6 rings (SSSR count). The molecule has 374 valence electrons. The number of hydrazine groups is 1. The predicted molar refractivity (Wildman–Crippen MR) is 273 cm³/mol. The van der Waals surface area contributed by atoms with Crippen LogP contribution in [0, 0.1) is 11.3 Å². The number of methoxy groups -OCH3 is 1. The first-order valence-electron chi connectivity index (χ1n) is 24.2. The van der Waals surface area contributed by atoms with Crippen molar-refractivity contribution >= 4 is 64.1 Å². The second-order valence-corrected chi connectivity index (χ2v) is 20.9. The molecule has 2 aromatic heterocycles. The molecule has 0 aliphatic carbocycles. The molecule has 2 fully saturated rings. The summed E-state index contributed by atoms with van der Waals surface area (Å²) < 4.78 is 14.7. The van der Waals surface area contributed by atoms with Gasteiger partial charge in [-0.2, -0.15) is 0 Å². The number of piperazine rings is 1. The van der Waals surface area contributed by atoms with E-state index in [4.69, 9.17) is 19.5 Å². The molecule has 3 aromatic rings. The topological polar surface area (TPSA) is 171 Å². The standard InChI is InChI=1S/C52H73N9O7S/c1-14-37(45(53-16-3)35(9)67-13)47-39-25-51(10,11)30-68-31-52(29-62)21-18-22-60(56-52)49(65)40(24-43-54-41(28-69-43)36-19-20-42(38(39)23-36)59(47)17-4)55-48(64)46(32(5)6)57(12)50(66)61-33(7)26-58(27-34(61)8)44(63)15-2/h14-16,19-20,23,28-29,32-35,40,46,56H,1-2,17-18,21-22,24-27,30-31H2,3-13H3,(H,55,64)/b45-37+,53-16-/t33-,34+,35-,40-,46-,52-/m0/s1. The van der Waals surface area contributed by atoms with E-state index in [-0.39, 0.29) is 49.1 Å². The van der Waals surface area contributed by atoms with Gasteiger partial charge in [-0.1, -0.05) is 53.0 Å². The van der Waals surface area contributed by atoms with Crippen molar-refractivity contribution in [1.82, 2.24) is 40.0 Å². The number of aryl methyl sites for hydroxylation is 1. The number of aldehydes is 1. The Labute approximate surface area is 411 Å². The lowest BCUT2D eigenvalue weighted by Crippen LogP contribution is -2.67. The number of ether oxygens (including phenoxy) is 2. The van der Waals surface area contributed by atoms with Gasteiger partial charge < -0.3 is 38.9 Å². The molecule has 17 heteroatoms. The molecule has 0 spiro atoms. The van der Waals surface area contributed by atoms with Crippen molar-refractivity contribution in [2.45, 2.75) is 130 Å². The van der Waals surface area contributed by atoms with E-state index in [0.717, 1.165) is 51.0 Å². The van der Waals surface area contributed by atoms with Crippen LogP contribution in [0.25, 0.3) is 27.7 Å². The van der Waals surface area contributed by atoms with E-state index in [9.17, 15) is 24.0 Å². The molecular weight excluding hydrogens is 895 g/mol. The highest BCUT2D eigenvalue weighted by atomic mass is 32.1. The fraction of sp³-hybridized carbons (Fsp3) is 0.558. The van der Waals surface area contributed by atoms with Crippen molar-refractivity contribution in [2.75, 3.05) is 47.0 Å². The van der Waals surface area contributed by atoms with Crippen molar-refractivity contribution in [1.29, 1.82) is 0 Å². The van der Waals surface area contributed by atoms with Crippen LogP contribution in [0.5, 0.6) is 0 Å². The quantitative estimate of drug-likeness (QED) is 0.0870. The molecule has 16 nitrogen and oxygen atoms in total. The number of thiazole rings is 1. The normalized spacial score (nSPS) is 23.6. The number of aromatic nitrogens is 2. The van der Waals surface area contributed by atoms with Crippen molar-refractivity contribution in [3.8, 4) is 11.3 Å². The number of hydrogen-bond acceptors (Lipinski definition) is 11. The van der Waals surface area contributed by atoms with Gasteiger partial charge in [0.05, 0.1) is 41.4 Å². The molecule has 5 heterocycles. The number of urea groups is 1. The van der Waals surface area contributed by atoms with Gasteiger partial charge in [0.15, 0.2) is 0 Å². The Kier molecular flexibility index (Phi) is 16.9. The maximum absolute atomic E-state index is 14.8. The van der Waals surface area contributed by atoms with Crippen LogP contribution in [0.1, 0.15) is 91.4 Å². The zero-order chi connectivity index (χ0) is 50.5. The van der Waals surface area contributed by atoms with Gasteiger partial charge >= 0.3 is 6.03 Å². The molecule has 69 heavy (non-hydrogen) atoms. The molecule has 6 atom stereocenters. The largest absolute Gasteiger partial charge is 0.378 e. The second-order valence-electron chi connectivity index (χ2n) is 19.9. The summed E-state index contributed by atoms with van der Waals surface area (Å²) in [5, 5.41) is 8.11. The molecule has 6 bridgehead atoms. The lowest BCUT2D eigenvalue weighted by atomic mass is 9.84. The number of nitrogens with zero attached hydrogens (tertiary/aromatic N) is 7. The van der Waals surface area contributed by atoms with Crippen molar-refractivity contribution in [3.63, 3.8) is 0 Å². The molecule has 0 unspecified atom stereocenters. The third-order valence-corrected chi connectivity index (χ3v) is 14.5. The summed E-state index contributed by atoms with van der Waals surface area (Å²) in [6.07, 6.45) is 7.02. The first-order valence-corrected chi connectivity index (χ1v) is 25.0. The molecule has 5 amide bonds. The number of likely N-dealkylation sites (N-methyl/N-ethyl adjacent to an activating group) is 1. The van der Waals surface area contributed by atoms with Crippen LogP contribution in [0.4, 0.5) is 4.79 Å². The van der Waals surface area contributed by atoms with E-state index < -0.39 is 34.9 Å². The number of hydrogen-bond donors (Lipinski definition) is 2. The maximum atomic E-state index is 14.8. The third-order valence-electron chi connectivity index (χ3n) is 13.7. The minimum absolute atomic E-state index is 0.0119. The van der Waals surface area contributed by atoms with Crippen molar-refractivity contribution in [3.05, 3.63) is 70.9 Å². The number of carbonyl (C=O) groups is 5. The number of benzene rings is 1. The number of aliphatic imine (C=N–C) groups is 1. The Morgan fingerprint density at radius 2 is 1.84 bits per heavy atom. The van der Waals surface area contributed by atoms with Gasteiger partial charge in [0, 0.05) is 92.5 Å². The lowest BCUT2D eigenvalue weighted by Gasteiger charge is -2.46. The average molecular weight is 968 g/mol. The molecule has 3 aliphatic rings. The van der Waals surface area contributed by atoms with Crippen LogP contribution < -0.4 is 10.7 Å². The van der Waals surface area contributed by atoms with Crippen LogP contribution >= 0.6 is 11.3 Å². The van der Waals surface area contributed by atoms with Crippen molar-refractivity contribution < 1.29 is 33.4 Å². The molecule has 0 radical (unpaired) electrons. The van der Waals surface area contributed by atoms with E-state index in [1.54, 1.807) is 30.2 Å². The number of nitrogens with one attached hydrogen (secondary N) is 2. The molecule has 1 aromatic carbocycles. The summed E-state index contributed by atoms with van der Waals surface area (Å²) in [4.78, 5) is 84.2. The lowest BCUT2D eigenvalue weighted by molar-refractivity contribution is -0.147. The Bertz CT molecular complexity index is 2480. The Morgan fingerprint density at radius 3 is 2.45 bits per heavy atom. The van der Waals surface area contributed by atoms with E-state index >= 15 is 0 Å². The summed E-state index contributed by atoms with van der Waals surface area (Å²) >= 11 is 1.40. The second kappa shape index (κ2) is 22.1. The Morgan fingerprint density at radius 1 is 1.13 bits per heavy atom. The number of allylic oxidation sites excluding steroid dienone is 2. The first kappa shape index (κ1) is 52.9. The van der Waals surface area contributed by atoms with Gasteiger partial charge in [0.2, 0.25) is 11.8 Å². The molecular formula is C52H73N9O7S. The number of carbonyl (C=O) groups excluding carboxylic acids is 5. The average Bonchev–Trinajstić information content (AvgIpc) is 3.91. The Hall–Kier alpha value is -5.49. The zero-order valence-electron chi connectivity index (χ0n) is 42.5. The molecule has 0 saturated carbocycles. The Balaban J connectivity index is 1.43. The van der Waals surface area contributed by atoms with E-state index in [2.05, 4.69) is 67.4 Å². The van der Waals surface area contributed by atoms with E-state index in [1.165, 1.54) is 27.3 Å². The summed E-state index contributed by atoms with van der Waals surface area (Å²) in [6, 6.07) is 3.27. The molecule has 3 aliphatic heterocycles. The summed E-state index contributed by atoms with van der Waals surface area (Å²) in [5.41, 5.74) is 7.96.